The van der Waals surface area contributed by atoms with Crippen LogP contribution in [0.25, 0.3) is 0 Å². The molecule has 1 rings (SSSR count). The Kier molecular flexibility index (Phi) is 7.81. The van der Waals surface area contributed by atoms with Crippen LogP contribution in [0.1, 0.15) is 25.8 Å². The van der Waals surface area contributed by atoms with Crippen LogP contribution in [0.15, 0.2) is 12.1 Å². The highest BCUT2D eigenvalue weighted by Crippen LogP contribution is 2.32. The van der Waals surface area contributed by atoms with Gasteiger partial charge in [0.25, 0.3) is 0 Å². The van der Waals surface area contributed by atoms with E-state index in [0.717, 1.165) is 18.5 Å². The van der Waals surface area contributed by atoms with Crippen LogP contribution in [0.4, 0.5) is 0 Å². The number of sulfone groups is 1. The molecule has 0 fully saturated rings. The summed E-state index contributed by atoms with van der Waals surface area (Å²) in [5, 5.41) is 4.17. The molecule has 120 valence electrons. The van der Waals surface area contributed by atoms with Crippen LogP contribution in [0.5, 0.6) is 5.75 Å². The Morgan fingerprint density at radius 1 is 1.24 bits per heavy atom. The van der Waals surface area contributed by atoms with Crippen molar-refractivity contribution in [2.75, 3.05) is 24.7 Å². The average molecular weight is 354 g/mol. The van der Waals surface area contributed by atoms with E-state index in [1.807, 2.05) is 0 Å². The number of ether oxygens (including phenoxy) is 1. The van der Waals surface area contributed by atoms with Gasteiger partial charge in [-0.25, -0.2) is 8.42 Å². The fourth-order valence-electron chi connectivity index (χ4n) is 1.72. The van der Waals surface area contributed by atoms with Gasteiger partial charge in [-0.3, -0.25) is 0 Å². The number of hydrogen-bond donors (Lipinski definition) is 1. The summed E-state index contributed by atoms with van der Waals surface area (Å²) in [5.74, 6) is 0.580. The molecule has 0 aliphatic heterocycles. The molecule has 0 saturated carbocycles. The van der Waals surface area contributed by atoms with E-state index in [-0.39, 0.29) is 18.1 Å². The summed E-state index contributed by atoms with van der Waals surface area (Å²) in [6.45, 7) is 5.21. The lowest BCUT2D eigenvalue weighted by atomic mass is 10.2. The maximum Gasteiger partial charge on any atom is 0.153 e. The molecule has 0 unspecified atom stereocenters. The zero-order valence-corrected chi connectivity index (χ0v) is 14.6. The normalized spacial score (nSPS) is 11.6. The molecule has 1 aromatic carbocycles. The van der Waals surface area contributed by atoms with Crippen molar-refractivity contribution < 1.29 is 13.2 Å². The molecule has 0 amide bonds. The van der Waals surface area contributed by atoms with Gasteiger partial charge < -0.3 is 10.1 Å². The molecular weight excluding hydrogens is 333 g/mol. The smallest absolute Gasteiger partial charge is 0.153 e. The summed E-state index contributed by atoms with van der Waals surface area (Å²) in [7, 11) is -3.05. The van der Waals surface area contributed by atoms with E-state index in [1.54, 1.807) is 19.1 Å². The standard InChI is InChI=1S/C14H21Cl2NO3S/c1-3-5-17-10-11-8-12(15)9-13(16)14(11)20-6-7-21(18,19)4-2/h8-9,17H,3-7,10H2,1-2H3. The SMILES string of the molecule is CCCNCc1cc(Cl)cc(Cl)c1OCCS(=O)(=O)CC. The maximum absolute atomic E-state index is 11.5. The third-order valence-electron chi connectivity index (χ3n) is 2.91. The zero-order valence-electron chi connectivity index (χ0n) is 12.3. The van der Waals surface area contributed by atoms with Crippen LogP contribution < -0.4 is 10.1 Å². The third-order valence-corrected chi connectivity index (χ3v) is 5.08. The van der Waals surface area contributed by atoms with Crippen molar-refractivity contribution in [3.8, 4) is 5.75 Å². The van der Waals surface area contributed by atoms with Crippen molar-refractivity contribution in [2.45, 2.75) is 26.8 Å². The van der Waals surface area contributed by atoms with Crippen LogP contribution in [-0.2, 0) is 16.4 Å². The predicted molar refractivity (Wildman–Crippen MR) is 88.3 cm³/mol. The highest BCUT2D eigenvalue weighted by Gasteiger charge is 2.13. The molecule has 0 spiro atoms. The first-order valence-electron chi connectivity index (χ1n) is 6.91. The topological polar surface area (TPSA) is 55.4 Å². The number of hydrogen-bond acceptors (Lipinski definition) is 4. The number of halogens is 2. The molecule has 0 atom stereocenters. The highest BCUT2D eigenvalue weighted by molar-refractivity contribution is 7.91. The van der Waals surface area contributed by atoms with Crippen molar-refractivity contribution in [1.29, 1.82) is 0 Å². The molecule has 0 aromatic heterocycles. The van der Waals surface area contributed by atoms with Crippen molar-refractivity contribution in [2.24, 2.45) is 0 Å². The Morgan fingerprint density at radius 2 is 1.95 bits per heavy atom. The summed E-state index contributed by atoms with van der Waals surface area (Å²) in [6, 6.07) is 3.37. The van der Waals surface area contributed by atoms with E-state index < -0.39 is 9.84 Å². The monoisotopic (exact) mass is 353 g/mol. The van der Waals surface area contributed by atoms with E-state index in [4.69, 9.17) is 27.9 Å². The summed E-state index contributed by atoms with van der Waals surface area (Å²) in [5.41, 5.74) is 0.829. The number of benzene rings is 1. The quantitative estimate of drug-likeness (QED) is 0.692. The van der Waals surface area contributed by atoms with Crippen molar-refractivity contribution in [3.63, 3.8) is 0 Å². The van der Waals surface area contributed by atoms with E-state index in [0.29, 0.717) is 22.3 Å². The predicted octanol–water partition coefficient (Wildman–Crippen LogP) is 3.31. The molecule has 7 heteroatoms. The third kappa shape index (κ3) is 6.43. The molecule has 21 heavy (non-hydrogen) atoms. The molecule has 4 nitrogen and oxygen atoms in total. The molecular formula is C14H21Cl2NO3S. The fourth-order valence-corrected chi connectivity index (χ4v) is 2.94. The summed E-state index contributed by atoms with van der Waals surface area (Å²) in [4.78, 5) is 0. The van der Waals surface area contributed by atoms with Crippen molar-refractivity contribution in [1.82, 2.24) is 5.32 Å². The minimum absolute atomic E-state index is 0.0235. The summed E-state index contributed by atoms with van der Waals surface area (Å²) < 4.78 is 28.5. The molecule has 1 aromatic rings. The first kappa shape index (κ1) is 18.6. The second-order valence-electron chi connectivity index (χ2n) is 4.64. The maximum atomic E-state index is 11.5. The average Bonchev–Trinajstić information content (AvgIpc) is 2.41. The molecule has 1 N–H and O–H groups in total. The Morgan fingerprint density at radius 3 is 2.57 bits per heavy atom. The number of rotatable bonds is 9. The van der Waals surface area contributed by atoms with Gasteiger partial charge in [-0.15, -0.1) is 0 Å². The van der Waals surface area contributed by atoms with Crippen LogP contribution >= 0.6 is 23.2 Å². The van der Waals surface area contributed by atoms with Gasteiger partial charge in [-0.2, -0.15) is 0 Å². The molecule has 0 aliphatic rings. The molecule has 0 aliphatic carbocycles. The largest absolute Gasteiger partial charge is 0.491 e. The minimum atomic E-state index is -3.05. The second-order valence-corrected chi connectivity index (χ2v) is 7.95. The lowest BCUT2D eigenvalue weighted by Crippen LogP contribution is -2.18. The molecule has 0 radical (unpaired) electrons. The van der Waals surface area contributed by atoms with Crippen LogP contribution in [0.2, 0.25) is 10.0 Å². The van der Waals surface area contributed by atoms with Gasteiger partial charge in [0.15, 0.2) is 9.84 Å². The van der Waals surface area contributed by atoms with E-state index in [9.17, 15) is 8.42 Å². The second kappa shape index (κ2) is 8.83. The van der Waals surface area contributed by atoms with E-state index >= 15 is 0 Å². The van der Waals surface area contributed by atoms with Gasteiger partial charge in [0.1, 0.15) is 12.4 Å². The Balaban J connectivity index is 2.79. The molecule has 0 heterocycles. The van der Waals surface area contributed by atoms with Gasteiger partial charge in [0.2, 0.25) is 0 Å². The van der Waals surface area contributed by atoms with E-state index in [2.05, 4.69) is 12.2 Å². The van der Waals surface area contributed by atoms with Crippen molar-refractivity contribution in [3.05, 3.63) is 27.7 Å². The van der Waals surface area contributed by atoms with Crippen LogP contribution in [-0.4, -0.2) is 33.1 Å². The lowest BCUT2D eigenvalue weighted by Gasteiger charge is -2.14. The van der Waals surface area contributed by atoms with E-state index in [1.165, 1.54) is 0 Å². The Bertz CT molecular complexity index is 562. The first-order chi connectivity index (χ1) is 9.89. The zero-order chi connectivity index (χ0) is 15.9. The lowest BCUT2D eigenvalue weighted by molar-refractivity contribution is 0.336. The fraction of sp³-hybridized carbons (Fsp3) is 0.571. The number of nitrogens with one attached hydrogen (secondary N) is 1. The van der Waals surface area contributed by atoms with Gasteiger partial charge in [-0.05, 0) is 25.1 Å². The summed E-state index contributed by atoms with van der Waals surface area (Å²) in [6.07, 6.45) is 1.01. The summed E-state index contributed by atoms with van der Waals surface area (Å²) >= 11 is 12.1. The first-order valence-corrected chi connectivity index (χ1v) is 9.49. The van der Waals surface area contributed by atoms with Crippen LogP contribution in [0.3, 0.4) is 0 Å². The Labute approximate surface area is 136 Å². The van der Waals surface area contributed by atoms with Crippen molar-refractivity contribution >= 4 is 33.0 Å². The molecule has 0 bridgehead atoms. The minimum Gasteiger partial charge on any atom is -0.491 e. The Hall–Kier alpha value is -0.490. The highest BCUT2D eigenvalue weighted by atomic mass is 35.5. The van der Waals surface area contributed by atoms with Gasteiger partial charge in [-0.1, -0.05) is 37.0 Å². The molecule has 0 saturated heterocycles. The van der Waals surface area contributed by atoms with Gasteiger partial charge in [0, 0.05) is 22.9 Å². The van der Waals surface area contributed by atoms with Crippen LogP contribution in [0, 0.1) is 0 Å². The van der Waals surface area contributed by atoms with Gasteiger partial charge >= 0.3 is 0 Å². The van der Waals surface area contributed by atoms with Gasteiger partial charge in [0.05, 0.1) is 10.8 Å².